The molecule has 1 fully saturated rings. The Kier molecular flexibility index (Phi) is 6.12. The Hall–Kier alpha value is -1.10. The van der Waals surface area contributed by atoms with Gasteiger partial charge in [-0.1, -0.05) is 26.2 Å². The first-order chi connectivity index (χ1) is 8.60. The molecule has 0 aromatic rings. The van der Waals surface area contributed by atoms with E-state index in [1.165, 1.54) is 7.11 Å². The highest BCUT2D eigenvalue weighted by Gasteiger charge is 2.33. The molecule has 0 aromatic heterocycles. The predicted molar refractivity (Wildman–Crippen MR) is 67.3 cm³/mol. The Bertz CT molecular complexity index is 287. The fraction of sp³-hybridized carbons (Fsp3) is 0.846. The molecule has 0 bridgehead atoms. The van der Waals surface area contributed by atoms with Crippen molar-refractivity contribution in [3.8, 4) is 0 Å². The number of carbonyl (C=O) groups excluding carboxylic acids is 1. The van der Waals surface area contributed by atoms with Crippen molar-refractivity contribution in [1.29, 1.82) is 0 Å². The molecule has 0 spiro atoms. The summed E-state index contributed by atoms with van der Waals surface area (Å²) in [6, 6.07) is -0.367. The Morgan fingerprint density at radius 2 is 2.00 bits per heavy atom. The van der Waals surface area contributed by atoms with Gasteiger partial charge in [-0.05, 0) is 19.3 Å². The number of carboxylic acid groups (broad SMARTS) is 1. The Morgan fingerprint density at radius 3 is 2.44 bits per heavy atom. The molecule has 1 aliphatic carbocycles. The highest BCUT2D eigenvalue weighted by molar-refractivity contribution is 5.76. The van der Waals surface area contributed by atoms with Crippen LogP contribution in [0.5, 0.6) is 0 Å². The summed E-state index contributed by atoms with van der Waals surface area (Å²) >= 11 is 0. The summed E-state index contributed by atoms with van der Waals surface area (Å²) < 4.78 is 4.67. The van der Waals surface area contributed by atoms with Gasteiger partial charge in [0.05, 0.1) is 13.7 Å². The first-order valence-corrected chi connectivity index (χ1v) is 6.65. The van der Waals surface area contributed by atoms with Gasteiger partial charge >= 0.3 is 11.9 Å². The van der Waals surface area contributed by atoms with Gasteiger partial charge in [-0.2, -0.15) is 0 Å². The standard InChI is InChI=1S/C13H23NO4/c1-3-6-11(13(16)17)14(9-12(15)18-2)10-7-4-5-8-10/h10-11H,3-9H2,1-2H3,(H,16,17). The van der Waals surface area contributed by atoms with Crippen LogP contribution in [0.2, 0.25) is 0 Å². The summed E-state index contributed by atoms with van der Waals surface area (Å²) in [6.45, 7) is 2.04. The van der Waals surface area contributed by atoms with E-state index in [0.29, 0.717) is 6.42 Å². The fourth-order valence-corrected chi connectivity index (χ4v) is 2.65. The molecule has 1 unspecified atom stereocenters. The predicted octanol–water partition coefficient (Wildman–Crippen LogP) is 1.66. The minimum atomic E-state index is -0.840. The molecular weight excluding hydrogens is 234 g/mol. The summed E-state index contributed by atoms with van der Waals surface area (Å²) in [4.78, 5) is 24.6. The monoisotopic (exact) mass is 257 g/mol. The molecule has 0 saturated heterocycles. The molecule has 5 heteroatoms. The van der Waals surface area contributed by atoms with Crippen LogP contribution in [-0.4, -0.2) is 47.7 Å². The van der Waals surface area contributed by atoms with E-state index >= 15 is 0 Å². The van der Waals surface area contributed by atoms with Gasteiger partial charge in [-0.25, -0.2) is 0 Å². The maximum Gasteiger partial charge on any atom is 0.320 e. The molecule has 1 atom stereocenters. The number of ether oxygens (including phenoxy) is 1. The van der Waals surface area contributed by atoms with E-state index in [1.807, 2.05) is 11.8 Å². The second kappa shape index (κ2) is 7.36. The van der Waals surface area contributed by atoms with Crippen LogP contribution in [0.3, 0.4) is 0 Å². The SMILES string of the molecule is CCCC(C(=O)O)N(CC(=O)OC)C1CCCC1. The number of nitrogens with zero attached hydrogens (tertiary/aromatic N) is 1. The summed E-state index contributed by atoms with van der Waals surface area (Å²) in [5.74, 6) is -1.20. The van der Waals surface area contributed by atoms with Crippen molar-refractivity contribution in [2.75, 3.05) is 13.7 Å². The third kappa shape index (κ3) is 3.98. The van der Waals surface area contributed by atoms with Crippen LogP contribution in [0, 0.1) is 0 Å². The fourth-order valence-electron chi connectivity index (χ4n) is 2.65. The third-order valence-corrected chi connectivity index (χ3v) is 3.58. The molecule has 104 valence electrons. The van der Waals surface area contributed by atoms with Crippen molar-refractivity contribution in [2.24, 2.45) is 0 Å². The number of carbonyl (C=O) groups is 2. The van der Waals surface area contributed by atoms with Crippen molar-refractivity contribution in [1.82, 2.24) is 4.90 Å². The van der Waals surface area contributed by atoms with Crippen LogP contribution >= 0.6 is 0 Å². The van der Waals surface area contributed by atoms with Crippen LogP contribution in [0.25, 0.3) is 0 Å². The molecule has 1 rings (SSSR count). The van der Waals surface area contributed by atoms with Crippen molar-refractivity contribution in [3.63, 3.8) is 0 Å². The van der Waals surface area contributed by atoms with Crippen LogP contribution in [-0.2, 0) is 14.3 Å². The van der Waals surface area contributed by atoms with Crippen molar-refractivity contribution in [2.45, 2.75) is 57.5 Å². The van der Waals surface area contributed by atoms with Gasteiger partial charge in [-0.3, -0.25) is 14.5 Å². The van der Waals surface area contributed by atoms with Gasteiger partial charge in [0.1, 0.15) is 6.04 Å². The zero-order chi connectivity index (χ0) is 13.5. The number of hydrogen-bond donors (Lipinski definition) is 1. The molecule has 1 N–H and O–H groups in total. The average Bonchev–Trinajstić information content (AvgIpc) is 2.86. The van der Waals surface area contributed by atoms with Crippen LogP contribution in [0.4, 0.5) is 0 Å². The number of carboxylic acids is 1. The van der Waals surface area contributed by atoms with E-state index in [2.05, 4.69) is 4.74 Å². The van der Waals surface area contributed by atoms with Gasteiger partial charge in [0, 0.05) is 6.04 Å². The lowest BCUT2D eigenvalue weighted by Crippen LogP contribution is -2.49. The molecule has 0 aromatic carbocycles. The minimum absolute atomic E-state index is 0.0815. The topological polar surface area (TPSA) is 66.8 Å². The van der Waals surface area contributed by atoms with Gasteiger partial charge in [-0.15, -0.1) is 0 Å². The first kappa shape index (κ1) is 15.0. The number of aliphatic carboxylic acids is 1. The van der Waals surface area contributed by atoms with Crippen LogP contribution in [0.1, 0.15) is 45.4 Å². The highest BCUT2D eigenvalue weighted by atomic mass is 16.5. The molecule has 18 heavy (non-hydrogen) atoms. The minimum Gasteiger partial charge on any atom is -0.480 e. The molecule has 0 radical (unpaired) electrons. The molecule has 0 aliphatic heterocycles. The number of esters is 1. The molecule has 1 saturated carbocycles. The van der Waals surface area contributed by atoms with E-state index in [1.54, 1.807) is 0 Å². The lowest BCUT2D eigenvalue weighted by atomic mass is 10.1. The summed E-state index contributed by atoms with van der Waals surface area (Å²) in [5, 5.41) is 9.33. The van der Waals surface area contributed by atoms with E-state index in [4.69, 9.17) is 0 Å². The number of methoxy groups -OCH3 is 1. The zero-order valence-corrected chi connectivity index (χ0v) is 11.2. The molecular formula is C13H23NO4. The summed E-state index contributed by atoms with van der Waals surface area (Å²) in [6.07, 6.45) is 5.54. The normalized spacial score (nSPS) is 17.9. The second-order valence-corrected chi connectivity index (χ2v) is 4.83. The lowest BCUT2D eigenvalue weighted by molar-refractivity contribution is -0.149. The van der Waals surface area contributed by atoms with Gasteiger partial charge < -0.3 is 9.84 Å². The Morgan fingerprint density at radius 1 is 1.39 bits per heavy atom. The summed E-state index contributed by atoms with van der Waals surface area (Å²) in [7, 11) is 1.34. The van der Waals surface area contributed by atoms with Crippen molar-refractivity contribution >= 4 is 11.9 Å². The van der Waals surface area contributed by atoms with Crippen LogP contribution < -0.4 is 0 Å². The van der Waals surface area contributed by atoms with Gasteiger partial charge in [0.2, 0.25) is 0 Å². The van der Waals surface area contributed by atoms with Gasteiger partial charge in [0.15, 0.2) is 0 Å². The van der Waals surface area contributed by atoms with Gasteiger partial charge in [0.25, 0.3) is 0 Å². The van der Waals surface area contributed by atoms with E-state index in [-0.39, 0.29) is 18.6 Å². The van der Waals surface area contributed by atoms with Crippen LogP contribution in [0.15, 0.2) is 0 Å². The lowest BCUT2D eigenvalue weighted by Gasteiger charge is -2.32. The molecule has 5 nitrogen and oxygen atoms in total. The van der Waals surface area contributed by atoms with E-state index < -0.39 is 12.0 Å². The molecule has 1 aliphatic rings. The van der Waals surface area contributed by atoms with Crippen molar-refractivity contribution < 1.29 is 19.4 Å². The van der Waals surface area contributed by atoms with E-state index in [0.717, 1.165) is 32.1 Å². The first-order valence-electron chi connectivity index (χ1n) is 6.65. The number of hydrogen-bond acceptors (Lipinski definition) is 4. The molecule has 0 amide bonds. The Labute approximate surface area is 108 Å². The smallest absolute Gasteiger partial charge is 0.320 e. The quantitative estimate of drug-likeness (QED) is 0.702. The zero-order valence-electron chi connectivity index (χ0n) is 11.2. The number of rotatable bonds is 7. The largest absolute Gasteiger partial charge is 0.480 e. The van der Waals surface area contributed by atoms with E-state index in [9.17, 15) is 14.7 Å². The maximum absolute atomic E-state index is 11.5. The molecule has 0 heterocycles. The van der Waals surface area contributed by atoms with Crippen molar-refractivity contribution in [3.05, 3.63) is 0 Å². The highest BCUT2D eigenvalue weighted by Crippen LogP contribution is 2.26. The summed E-state index contributed by atoms with van der Waals surface area (Å²) in [5.41, 5.74) is 0. The maximum atomic E-state index is 11.5. The average molecular weight is 257 g/mol. The second-order valence-electron chi connectivity index (χ2n) is 4.83. The Balaban J connectivity index is 2.78. The third-order valence-electron chi connectivity index (χ3n) is 3.58.